The molecule has 0 bridgehead atoms. The van der Waals surface area contributed by atoms with Gasteiger partial charge in [0.05, 0.1) is 33.0 Å². The minimum Gasteiger partial charge on any atom is -0.445 e. The van der Waals surface area contributed by atoms with Gasteiger partial charge in [-0.25, -0.2) is 4.79 Å². The van der Waals surface area contributed by atoms with Crippen molar-refractivity contribution >= 4 is 6.09 Å². The molecule has 0 aliphatic carbocycles. The van der Waals surface area contributed by atoms with Gasteiger partial charge in [-0.15, -0.1) is 6.42 Å². The molecule has 0 saturated carbocycles. The van der Waals surface area contributed by atoms with Crippen molar-refractivity contribution in [2.45, 2.75) is 6.61 Å². The van der Waals surface area contributed by atoms with Crippen LogP contribution in [0.15, 0.2) is 30.3 Å². The molecule has 126 valence electrons. The molecule has 6 nitrogen and oxygen atoms in total. The van der Waals surface area contributed by atoms with Crippen molar-refractivity contribution in [3.8, 4) is 12.3 Å². The van der Waals surface area contributed by atoms with Gasteiger partial charge in [-0.1, -0.05) is 36.3 Å². The molecule has 0 atom stereocenters. The third kappa shape index (κ3) is 11.2. The second kappa shape index (κ2) is 13.6. The topological polar surface area (TPSA) is 66.0 Å². The van der Waals surface area contributed by atoms with E-state index in [0.29, 0.717) is 46.2 Å². The fourth-order valence-electron chi connectivity index (χ4n) is 1.57. The Morgan fingerprint density at radius 3 is 2.35 bits per heavy atom. The number of hydrogen-bond donors (Lipinski definition) is 1. The summed E-state index contributed by atoms with van der Waals surface area (Å²) in [6.07, 6.45) is 4.57. The molecular formula is C17H23NO5. The first-order chi connectivity index (χ1) is 11.3. The average Bonchev–Trinajstić information content (AvgIpc) is 2.59. The first kappa shape index (κ1) is 19.0. The average molecular weight is 321 g/mol. The van der Waals surface area contributed by atoms with E-state index in [1.165, 1.54) is 0 Å². The minimum atomic E-state index is -0.459. The summed E-state index contributed by atoms with van der Waals surface area (Å²) < 4.78 is 20.7. The quantitative estimate of drug-likeness (QED) is 0.468. The zero-order chi connectivity index (χ0) is 16.6. The van der Waals surface area contributed by atoms with Gasteiger partial charge in [0.25, 0.3) is 0 Å². The number of terminal acetylenes is 1. The van der Waals surface area contributed by atoms with E-state index in [2.05, 4.69) is 11.2 Å². The molecule has 1 aromatic carbocycles. The van der Waals surface area contributed by atoms with Crippen LogP contribution in [0.25, 0.3) is 0 Å². The molecule has 0 aliphatic rings. The van der Waals surface area contributed by atoms with Crippen LogP contribution in [0.4, 0.5) is 4.79 Å². The van der Waals surface area contributed by atoms with E-state index in [-0.39, 0.29) is 6.61 Å². The highest BCUT2D eigenvalue weighted by molar-refractivity contribution is 5.67. The number of alkyl carbamates (subject to hydrolysis) is 1. The van der Waals surface area contributed by atoms with Crippen LogP contribution in [-0.4, -0.2) is 52.3 Å². The van der Waals surface area contributed by atoms with Crippen molar-refractivity contribution in [1.82, 2.24) is 5.32 Å². The van der Waals surface area contributed by atoms with Gasteiger partial charge in [0.15, 0.2) is 0 Å². The standard InChI is InChI=1S/C17H23NO5/c1-2-9-20-11-13-22-14-12-21-10-8-18-17(19)23-15-16-6-4-3-5-7-16/h1,3-7H,8-15H2,(H,18,19). The molecule has 0 spiro atoms. The maximum atomic E-state index is 11.4. The lowest BCUT2D eigenvalue weighted by Crippen LogP contribution is -2.28. The molecule has 0 aromatic heterocycles. The summed E-state index contributed by atoms with van der Waals surface area (Å²) in [6, 6.07) is 9.50. The lowest BCUT2D eigenvalue weighted by molar-refractivity contribution is 0.0208. The zero-order valence-corrected chi connectivity index (χ0v) is 13.2. The van der Waals surface area contributed by atoms with Crippen molar-refractivity contribution in [1.29, 1.82) is 0 Å². The predicted molar refractivity (Wildman–Crippen MR) is 85.9 cm³/mol. The third-order valence-electron chi connectivity index (χ3n) is 2.66. The second-order valence-electron chi connectivity index (χ2n) is 4.47. The van der Waals surface area contributed by atoms with Gasteiger partial charge in [-0.05, 0) is 5.56 Å². The highest BCUT2D eigenvalue weighted by atomic mass is 16.6. The summed E-state index contributed by atoms with van der Waals surface area (Å²) in [6.45, 7) is 3.22. The van der Waals surface area contributed by atoms with Crippen molar-refractivity contribution in [2.24, 2.45) is 0 Å². The maximum absolute atomic E-state index is 11.4. The van der Waals surface area contributed by atoms with E-state index in [0.717, 1.165) is 5.56 Å². The summed E-state index contributed by atoms with van der Waals surface area (Å²) in [7, 11) is 0. The Morgan fingerprint density at radius 1 is 1.00 bits per heavy atom. The van der Waals surface area contributed by atoms with Gasteiger partial charge >= 0.3 is 6.09 Å². The molecule has 1 rings (SSSR count). The molecule has 1 amide bonds. The number of amides is 1. The molecule has 0 fully saturated rings. The second-order valence-corrected chi connectivity index (χ2v) is 4.47. The molecule has 0 radical (unpaired) electrons. The van der Waals surface area contributed by atoms with E-state index >= 15 is 0 Å². The van der Waals surface area contributed by atoms with Crippen molar-refractivity contribution < 1.29 is 23.7 Å². The Balaban J connectivity index is 1.85. The van der Waals surface area contributed by atoms with Crippen LogP contribution in [0, 0.1) is 12.3 Å². The van der Waals surface area contributed by atoms with Gasteiger partial charge in [0, 0.05) is 6.54 Å². The summed E-state index contributed by atoms with van der Waals surface area (Å²) in [5.74, 6) is 2.37. The van der Waals surface area contributed by atoms with Crippen LogP contribution in [0.2, 0.25) is 0 Å². The first-order valence-electron chi connectivity index (χ1n) is 7.44. The molecule has 23 heavy (non-hydrogen) atoms. The number of ether oxygens (including phenoxy) is 4. The molecule has 0 saturated heterocycles. The van der Waals surface area contributed by atoms with Crippen LogP contribution in [0.1, 0.15) is 5.56 Å². The Kier molecular flexibility index (Phi) is 11.2. The van der Waals surface area contributed by atoms with Crippen LogP contribution < -0.4 is 5.32 Å². The molecule has 0 heterocycles. The molecule has 6 heteroatoms. The van der Waals surface area contributed by atoms with Crippen LogP contribution in [0.5, 0.6) is 0 Å². The van der Waals surface area contributed by atoms with Crippen LogP contribution in [-0.2, 0) is 25.6 Å². The molecular weight excluding hydrogens is 298 g/mol. The van der Waals surface area contributed by atoms with Gasteiger partial charge in [-0.2, -0.15) is 0 Å². The number of rotatable bonds is 12. The fourth-order valence-corrected chi connectivity index (χ4v) is 1.57. The highest BCUT2D eigenvalue weighted by Crippen LogP contribution is 2.00. The summed E-state index contributed by atoms with van der Waals surface area (Å²) in [4.78, 5) is 11.4. The SMILES string of the molecule is C#CCOCCOCCOCCNC(=O)OCc1ccccc1. The number of nitrogens with one attached hydrogen (secondary N) is 1. The summed E-state index contributed by atoms with van der Waals surface area (Å²) >= 11 is 0. The smallest absolute Gasteiger partial charge is 0.407 e. The van der Waals surface area contributed by atoms with Crippen molar-refractivity contribution in [2.75, 3.05) is 46.2 Å². The lowest BCUT2D eigenvalue weighted by atomic mass is 10.2. The van der Waals surface area contributed by atoms with Gasteiger partial charge < -0.3 is 24.3 Å². The van der Waals surface area contributed by atoms with Gasteiger partial charge in [0.1, 0.15) is 13.2 Å². The molecule has 1 aromatic rings. The van der Waals surface area contributed by atoms with E-state index in [9.17, 15) is 4.79 Å². The number of carbonyl (C=O) groups is 1. The summed E-state index contributed by atoms with van der Waals surface area (Å²) in [5.41, 5.74) is 0.947. The van der Waals surface area contributed by atoms with Crippen LogP contribution in [0.3, 0.4) is 0 Å². The Morgan fingerprint density at radius 2 is 1.65 bits per heavy atom. The van der Waals surface area contributed by atoms with Crippen molar-refractivity contribution in [3.05, 3.63) is 35.9 Å². The largest absolute Gasteiger partial charge is 0.445 e. The van der Waals surface area contributed by atoms with Gasteiger partial charge in [-0.3, -0.25) is 0 Å². The van der Waals surface area contributed by atoms with Crippen LogP contribution >= 0.6 is 0 Å². The number of benzene rings is 1. The third-order valence-corrected chi connectivity index (χ3v) is 2.66. The molecule has 1 N–H and O–H groups in total. The fraction of sp³-hybridized carbons (Fsp3) is 0.471. The van der Waals surface area contributed by atoms with E-state index in [4.69, 9.17) is 25.4 Å². The van der Waals surface area contributed by atoms with Gasteiger partial charge in [0.2, 0.25) is 0 Å². The number of carbonyl (C=O) groups excluding carboxylic acids is 1. The number of hydrogen-bond acceptors (Lipinski definition) is 5. The van der Waals surface area contributed by atoms with E-state index in [1.54, 1.807) is 0 Å². The highest BCUT2D eigenvalue weighted by Gasteiger charge is 2.01. The van der Waals surface area contributed by atoms with E-state index in [1.807, 2.05) is 30.3 Å². The molecule has 0 unspecified atom stereocenters. The zero-order valence-electron chi connectivity index (χ0n) is 13.2. The predicted octanol–water partition coefficient (Wildman–Crippen LogP) is 1.60. The Labute approximate surface area is 137 Å². The normalized spacial score (nSPS) is 10.0. The lowest BCUT2D eigenvalue weighted by Gasteiger charge is -2.08. The minimum absolute atomic E-state index is 0.253. The summed E-state index contributed by atoms with van der Waals surface area (Å²) in [5, 5.41) is 2.61. The molecule has 0 aliphatic heterocycles. The van der Waals surface area contributed by atoms with Crippen molar-refractivity contribution in [3.63, 3.8) is 0 Å². The van der Waals surface area contributed by atoms with E-state index < -0.39 is 6.09 Å². The Bertz CT molecular complexity index is 458. The monoisotopic (exact) mass is 321 g/mol. The first-order valence-corrected chi connectivity index (χ1v) is 7.44. The maximum Gasteiger partial charge on any atom is 0.407 e. The Hall–Kier alpha value is -2.07.